The molecule has 1 rings (SSSR count). The Labute approximate surface area is 90.5 Å². The molecule has 0 radical (unpaired) electrons. The van der Waals surface area contributed by atoms with Crippen molar-refractivity contribution in [1.82, 2.24) is 0 Å². The summed E-state index contributed by atoms with van der Waals surface area (Å²) in [4.78, 5) is 0. The second-order valence-electron chi connectivity index (χ2n) is 5.07. The number of hydrogen-bond acceptors (Lipinski definition) is 0. The summed E-state index contributed by atoms with van der Waals surface area (Å²) in [5.41, 5.74) is 0. The summed E-state index contributed by atoms with van der Waals surface area (Å²) >= 11 is 0. The smallest absolute Gasteiger partial charge is 0.0383 e. The fraction of sp³-hybridized carbons (Fsp3) is 1.00. The Kier molecular flexibility index (Phi) is 6.31. The van der Waals surface area contributed by atoms with E-state index in [1.54, 1.807) is 6.42 Å². The third kappa shape index (κ3) is 5.02. The Hall–Kier alpha value is 0. The molecule has 0 spiro atoms. The molecule has 14 heavy (non-hydrogen) atoms. The van der Waals surface area contributed by atoms with Crippen LogP contribution in [0.25, 0.3) is 0 Å². The Bertz CT molecular complexity index is 128. The topological polar surface area (TPSA) is 0 Å². The second-order valence-corrected chi connectivity index (χ2v) is 5.07. The Morgan fingerprint density at radius 3 is 2.00 bits per heavy atom. The van der Waals surface area contributed by atoms with Crippen LogP contribution in [0.1, 0.15) is 78.1 Å². The maximum absolute atomic E-state index is 2.34. The van der Waals surface area contributed by atoms with Gasteiger partial charge >= 0.3 is 0 Å². The largest absolute Gasteiger partial charge is 0.0654 e. The highest BCUT2D eigenvalue weighted by Crippen LogP contribution is 2.44. The molecule has 1 aliphatic carbocycles. The van der Waals surface area contributed by atoms with E-state index < -0.39 is 0 Å². The first-order chi connectivity index (χ1) is 6.88. The molecule has 0 heterocycles. The van der Waals surface area contributed by atoms with E-state index in [1.807, 2.05) is 0 Å². The van der Waals surface area contributed by atoms with E-state index in [2.05, 4.69) is 13.8 Å². The molecule has 1 saturated carbocycles. The lowest BCUT2D eigenvalue weighted by atomic mass is 10.1. The third-order valence-electron chi connectivity index (χ3n) is 3.77. The first kappa shape index (κ1) is 12.1. The van der Waals surface area contributed by atoms with Crippen LogP contribution in [0, 0.1) is 11.8 Å². The van der Waals surface area contributed by atoms with Gasteiger partial charge in [-0.2, -0.15) is 0 Å². The average molecular weight is 196 g/mol. The Morgan fingerprint density at radius 1 is 0.786 bits per heavy atom. The summed E-state index contributed by atoms with van der Waals surface area (Å²) in [5, 5.41) is 0. The highest BCUT2D eigenvalue weighted by Gasteiger charge is 2.33. The SMILES string of the molecule is CCCCCCCCCC1CC1CC. The molecule has 0 heteroatoms. The standard InChI is InChI=1S/C14H28/c1-3-5-6-7-8-9-10-11-14-12-13(14)4-2/h13-14H,3-12H2,1-2H3. The minimum atomic E-state index is 1.12. The highest BCUT2D eigenvalue weighted by molar-refractivity contribution is 4.84. The van der Waals surface area contributed by atoms with Crippen molar-refractivity contribution in [3.8, 4) is 0 Å². The van der Waals surface area contributed by atoms with Crippen LogP contribution in [-0.4, -0.2) is 0 Å². The summed E-state index contributed by atoms with van der Waals surface area (Å²) in [6.45, 7) is 4.63. The van der Waals surface area contributed by atoms with Crippen molar-refractivity contribution in [2.75, 3.05) is 0 Å². The van der Waals surface area contributed by atoms with Gasteiger partial charge in [0.15, 0.2) is 0 Å². The predicted molar refractivity (Wildman–Crippen MR) is 64.5 cm³/mol. The van der Waals surface area contributed by atoms with Crippen molar-refractivity contribution in [3.63, 3.8) is 0 Å². The first-order valence-corrected chi connectivity index (χ1v) is 6.88. The first-order valence-electron chi connectivity index (χ1n) is 6.88. The van der Waals surface area contributed by atoms with Crippen LogP contribution in [0.15, 0.2) is 0 Å². The molecule has 0 N–H and O–H groups in total. The lowest BCUT2D eigenvalue weighted by Crippen LogP contribution is -1.84. The van der Waals surface area contributed by atoms with Gasteiger partial charge < -0.3 is 0 Å². The van der Waals surface area contributed by atoms with Gasteiger partial charge in [-0.25, -0.2) is 0 Å². The summed E-state index contributed by atoms with van der Waals surface area (Å²) in [6.07, 6.45) is 14.8. The zero-order valence-corrected chi connectivity index (χ0v) is 10.2. The van der Waals surface area contributed by atoms with Crippen LogP contribution in [0.4, 0.5) is 0 Å². The van der Waals surface area contributed by atoms with Crippen LogP contribution in [0.3, 0.4) is 0 Å². The minimum Gasteiger partial charge on any atom is -0.0654 e. The number of hydrogen-bond donors (Lipinski definition) is 0. The molecule has 2 unspecified atom stereocenters. The fourth-order valence-corrected chi connectivity index (χ4v) is 2.53. The van der Waals surface area contributed by atoms with Gasteiger partial charge in [-0.05, 0) is 18.3 Å². The molecule has 0 nitrogen and oxygen atoms in total. The molecular weight excluding hydrogens is 168 g/mol. The van der Waals surface area contributed by atoms with E-state index in [9.17, 15) is 0 Å². The maximum atomic E-state index is 2.34. The monoisotopic (exact) mass is 196 g/mol. The molecule has 0 aromatic rings. The lowest BCUT2D eigenvalue weighted by molar-refractivity contribution is 0.539. The summed E-state index contributed by atoms with van der Waals surface area (Å²) in [7, 11) is 0. The second kappa shape index (κ2) is 7.31. The maximum Gasteiger partial charge on any atom is -0.0383 e. The number of rotatable bonds is 9. The van der Waals surface area contributed by atoms with Gasteiger partial charge in [-0.3, -0.25) is 0 Å². The van der Waals surface area contributed by atoms with Crippen LogP contribution in [0.2, 0.25) is 0 Å². The summed E-state index contributed by atoms with van der Waals surface area (Å²) < 4.78 is 0. The average Bonchev–Trinajstić information content (AvgIpc) is 2.95. The molecule has 0 aliphatic heterocycles. The van der Waals surface area contributed by atoms with Gasteiger partial charge in [0.05, 0.1) is 0 Å². The Balaban J connectivity index is 1.73. The highest BCUT2D eigenvalue weighted by atomic mass is 14.4. The van der Waals surface area contributed by atoms with E-state index in [-0.39, 0.29) is 0 Å². The normalized spacial score (nSPS) is 25.3. The van der Waals surface area contributed by atoms with Crippen LogP contribution in [0.5, 0.6) is 0 Å². The van der Waals surface area contributed by atoms with E-state index in [4.69, 9.17) is 0 Å². The van der Waals surface area contributed by atoms with Crippen molar-refractivity contribution in [2.45, 2.75) is 78.1 Å². The van der Waals surface area contributed by atoms with Crippen LogP contribution < -0.4 is 0 Å². The molecule has 0 saturated heterocycles. The molecule has 0 aromatic carbocycles. The van der Waals surface area contributed by atoms with E-state index in [0.29, 0.717) is 0 Å². The minimum absolute atomic E-state index is 1.12. The number of unbranched alkanes of at least 4 members (excludes halogenated alkanes) is 6. The third-order valence-corrected chi connectivity index (χ3v) is 3.77. The molecule has 0 aromatic heterocycles. The molecule has 1 aliphatic rings. The summed E-state index contributed by atoms with van der Waals surface area (Å²) in [6, 6.07) is 0. The van der Waals surface area contributed by atoms with Gasteiger partial charge in [-0.15, -0.1) is 0 Å². The molecular formula is C14H28. The predicted octanol–water partition coefficient (Wildman–Crippen LogP) is 5.17. The fourth-order valence-electron chi connectivity index (χ4n) is 2.53. The molecule has 0 amide bonds. The molecule has 0 bridgehead atoms. The lowest BCUT2D eigenvalue weighted by Gasteiger charge is -2.00. The van der Waals surface area contributed by atoms with Gasteiger partial charge in [0.2, 0.25) is 0 Å². The van der Waals surface area contributed by atoms with Crippen molar-refractivity contribution in [2.24, 2.45) is 11.8 Å². The van der Waals surface area contributed by atoms with Gasteiger partial charge in [0, 0.05) is 0 Å². The van der Waals surface area contributed by atoms with E-state index in [1.165, 1.54) is 57.8 Å². The molecule has 2 atom stereocenters. The van der Waals surface area contributed by atoms with Gasteiger partial charge in [0.25, 0.3) is 0 Å². The Morgan fingerprint density at radius 2 is 1.43 bits per heavy atom. The van der Waals surface area contributed by atoms with Crippen molar-refractivity contribution < 1.29 is 0 Å². The van der Waals surface area contributed by atoms with Crippen LogP contribution in [-0.2, 0) is 0 Å². The molecule has 1 fully saturated rings. The zero-order valence-electron chi connectivity index (χ0n) is 10.2. The van der Waals surface area contributed by atoms with Crippen molar-refractivity contribution in [1.29, 1.82) is 0 Å². The summed E-state index contributed by atoms with van der Waals surface area (Å²) in [5.74, 6) is 2.26. The van der Waals surface area contributed by atoms with Crippen LogP contribution >= 0.6 is 0 Å². The zero-order chi connectivity index (χ0) is 10.2. The van der Waals surface area contributed by atoms with Crippen molar-refractivity contribution in [3.05, 3.63) is 0 Å². The quantitative estimate of drug-likeness (QED) is 0.446. The van der Waals surface area contributed by atoms with Crippen molar-refractivity contribution >= 4 is 0 Å². The van der Waals surface area contributed by atoms with Gasteiger partial charge in [0.1, 0.15) is 0 Å². The van der Waals surface area contributed by atoms with E-state index >= 15 is 0 Å². The molecule has 84 valence electrons. The van der Waals surface area contributed by atoms with E-state index in [0.717, 1.165) is 11.8 Å². The van der Waals surface area contributed by atoms with Gasteiger partial charge in [-0.1, -0.05) is 71.6 Å².